The number of unbranched alkanes of at least 4 members (excludes halogenated alkanes) is 6. The monoisotopic (exact) mass is 197 g/mol. The molecular weight excluding hydrogens is 175 g/mol. The Morgan fingerprint density at radius 2 is 1.31 bits per heavy atom. The van der Waals surface area contributed by atoms with Crippen molar-refractivity contribution in [2.45, 2.75) is 64.6 Å². The minimum atomic E-state index is -1.10. The summed E-state index contributed by atoms with van der Waals surface area (Å²) in [5.74, 6) is 0. The molecule has 2 N–H and O–H groups in total. The molecular formula is C10H22NaO2. The topological polar surface area (TPSA) is 40.5 Å². The average Bonchev–Trinajstić information content (AvgIpc) is 2.02. The van der Waals surface area contributed by atoms with E-state index in [0.29, 0.717) is 6.42 Å². The molecule has 0 saturated carbocycles. The Labute approximate surface area is 104 Å². The summed E-state index contributed by atoms with van der Waals surface area (Å²) in [7, 11) is 0. The zero-order valence-corrected chi connectivity index (χ0v) is 11.1. The van der Waals surface area contributed by atoms with E-state index in [4.69, 9.17) is 10.2 Å². The van der Waals surface area contributed by atoms with Crippen LogP contribution in [0, 0.1) is 0 Å². The quantitative estimate of drug-likeness (QED) is 0.355. The first-order valence-corrected chi connectivity index (χ1v) is 5.13. The van der Waals surface area contributed by atoms with Crippen LogP contribution in [0.4, 0.5) is 0 Å². The van der Waals surface area contributed by atoms with Crippen molar-refractivity contribution in [2.75, 3.05) is 0 Å². The summed E-state index contributed by atoms with van der Waals surface area (Å²) in [5, 5.41) is 17.1. The van der Waals surface area contributed by atoms with E-state index in [9.17, 15) is 0 Å². The summed E-state index contributed by atoms with van der Waals surface area (Å²) in [4.78, 5) is 0. The smallest absolute Gasteiger partial charge is 0.151 e. The van der Waals surface area contributed by atoms with Gasteiger partial charge in [0.25, 0.3) is 0 Å². The van der Waals surface area contributed by atoms with E-state index < -0.39 is 6.29 Å². The number of rotatable bonds is 8. The molecule has 0 saturated heterocycles. The Morgan fingerprint density at radius 1 is 0.846 bits per heavy atom. The van der Waals surface area contributed by atoms with Crippen molar-refractivity contribution in [3.8, 4) is 0 Å². The molecule has 2 nitrogen and oxygen atoms in total. The van der Waals surface area contributed by atoms with Crippen LogP contribution in [0.15, 0.2) is 0 Å². The van der Waals surface area contributed by atoms with E-state index in [2.05, 4.69) is 6.92 Å². The third-order valence-electron chi connectivity index (χ3n) is 2.07. The summed E-state index contributed by atoms with van der Waals surface area (Å²) in [5.41, 5.74) is 0. The molecule has 75 valence electrons. The van der Waals surface area contributed by atoms with Gasteiger partial charge in [0.2, 0.25) is 0 Å². The molecule has 0 heterocycles. The average molecular weight is 197 g/mol. The van der Waals surface area contributed by atoms with Crippen molar-refractivity contribution in [1.29, 1.82) is 0 Å². The van der Waals surface area contributed by atoms with Gasteiger partial charge in [-0.25, -0.2) is 0 Å². The molecule has 0 bridgehead atoms. The van der Waals surface area contributed by atoms with E-state index in [-0.39, 0.29) is 29.6 Å². The van der Waals surface area contributed by atoms with Crippen molar-refractivity contribution >= 4 is 29.6 Å². The second-order valence-corrected chi connectivity index (χ2v) is 3.39. The van der Waals surface area contributed by atoms with E-state index in [0.717, 1.165) is 12.8 Å². The Morgan fingerprint density at radius 3 is 1.77 bits per heavy atom. The van der Waals surface area contributed by atoms with E-state index >= 15 is 0 Å². The van der Waals surface area contributed by atoms with Crippen molar-refractivity contribution < 1.29 is 10.2 Å². The Hall–Kier alpha value is 0.920. The standard InChI is InChI=1S/C10H22O2.Na/c1-2-3-4-5-6-7-8-9-10(11)12;/h10-12H,2-9H2,1H3;. The molecule has 0 unspecified atom stereocenters. The van der Waals surface area contributed by atoms with E-state index in [1.807, 2.05) is 0 Å². The Bertz CT molecular complexity index is 87.0. The maximum Gasteiger partial charge on any atom is 0.151 e. The Balaban J connectivity index is 0. The Kier molecular flexibility index (Phi) is 16.3. The second kappa shape index (κ2) is 12.9. The SMILES string of the molecule is CCCCCCCCCC(O)O.[Na]. The molecule has 13 heavy (non-hydrogen) atoms. The van der Waals surface area contributed by atoms with Crippen LogP contribution in [0.25, 0.3) is 0 Å². The van der Waals surface area contributed by atoms with Crippen molar-refractivity contribution in [3.63, 3.8) is 0 Å². The molecule has 0 aromatic heterocycles. The fourth-order valence-electron chi connectivity index (χ4n) is 1.28. The predicted octanol–water partition coefficient (Wildman–Crippen LogP) is 2.06. The predicted molar refractivity (Wildman–Crippen MR) is 56.6 cm³/mol. The van der Waals surface area contributed by atoms with Gasteiger partial charge in [0, 0.05) is 29.6 Å². The molecule has 0 aromatic rings. The van der Waals surface area contributed by atoms with Crippen LogP contribution >= 0.6 is 0 Å². The second-order valence-electron chi connectivity index (χ2n) is 3.39. The van der Waals surface area contributed by atoms with Gasteiger partial charge in [-0.15, -0.1) is 0 Å². The summed E-state index contributed by atoms with van der Waals surface area (Å²) in [6.45, 7) is 2.21. The number of aliphatic hydroxyl groups excluding tert-OH is 1. The first-order valence-electron chi connectivity index (χ1n) is 5.13. The maximum absolute atomic E-state index is 8.55. The molecule has 0 rings (SSSR count). The summed E-state index contributed by atoms with van der Waals surface area (Å²) >= 11 is 0. The minimum Gasteiger partial charge on any atom is -0.368 e. The van der Waals surface area contributed by atoms with Crippen LogP contribution in [0.3, 0.4) is 0 Å². The molecule has 3 heteroatoms. The van der Waals surface area contributed by atoms with Gasteiger partial charge in [0.1, 0.15) is 0 Å². The number of hydrogen-bond donors (Lipinski definition) is 2. The summed E-state index contributed by atoms with van der Waals surface area (Å²) in [6, 6.07) is 0. The van der Waals surface area contributed by atoms with Crippen molar-refractivity contribution in [3.05, 3.63) is 0 Å². The van der Waals surface area contributed by atoms with Gasteiger partial charge in [0.05, 0.1) is 0 Å². The summed E-state index contributed by atoms with van der Waals surface area (Å²) < 4.78 is 0. The molecule has 0 amide bonds. The van der Waals surface area contributed by atoms with Gasteiger partial charge >= 0.3 is 0 Å². The van der Waals surface area contributed by atoms with Crippen LogP contribution in [0.2, 0.25) is 0 Å². The molecule has 1 radical (unpaired) electrons. The van der Waals surface area contributed by atoms with Gasteiger partial charge in [-0.05, 0) is 12.8 Å². The molecule has 0 aromatic carbocycles. The molecule has 0 atom stereocenters. The zero-order chi connectivity index (χ0) is 9.23. The maximum atomic E-state index is 8.55. The number of aliphatic hydroxyl groups is 2. The third-order valence-corrected chi connectivity index (χ3v) is 2.07. The van der Waals surface area contributed by atoms with Crippen LogP contribution in [0.1, 0.15) is 58.3 Å². The fraction of sp³-hybridized carbons (Fsp3) is 1.00. The third kappa shape index (κ3) is 15.7. The first kappa shape index (κ1) is 16.4. The van der Waals surface area contributed by atoms with E-state index in [1.165, 1.54) is 32.1 Å². The molecule has 0 spiro atoms. The molecule has 0 aliphatic heterocycles. The van der Waals surface area contributed by atoms with Crippen molar-refractivity contribution in [2.24, 2.45) is 0 Å². The van der Waals surface area contributed by atoms with Crippen LogP contribution in [0.5, 0.6) is 0 Å². The van der Waals surface area contributed by atoms with Crippen LogP contribution < -0.4 is 0 Å². The number of hydrogen-bond acceptors (Lipinski definition) is 2. The largest absolute Gasteiger partial charge is 0.368 e. The van der Waals surface area contributed by atoms with Gasteiger partial charge in [-0.3, -0.25) is 0 Å². The van der Waals surface area contributed by atoms with Gasteiger partial charge in [0.15, 0.2) is 6.29 Å². The fourth-order valence-corrected chi connectivity index (χ4v) is 1.28. The summed E-state index contributed by atoms with van der Waals surface area (Å²) in [6.07, 6.45) is 8.03. The minimum absolute atomic E-state index is 0. The van der Waals surface area contributed by atoms with E-state index in [1.54, 1.807) is 0 Å². The van der Waals surface area contributed by atoms with Gasteiger partial charge in [-0.2, -0.15) is 0 Å². The normalized spacial score (nSPS) is 10.2. The zero-order valence-electron chi connectivity index (χ0n) is 9.13. The first-order chi connectivity index (χ1) is 5.77. The molecule has 0 aliphatic carbocycles. The van der Waals surface area contributed by atoms with Gasteiger partial charge < -0.3 is 10.2 Å². The molecule has 0 fully saturated rings. The molecule has 0 aliphatic rings. The van der Waals surface area contributed by atoms with Crippen molar-refractivity contribution in [1.82, 2.24) is 0 Å². The van der Waals surface area contributed by atoms with Crippen LogP contribution in [-0.4, -0.2) is 46.1 Å². The van der Waals surface area contributed by atoms with Crippen LogP contribution in [-0.2, 0) is 0 Å². The van der Waals surface area contributed by atoms with Gasteiger partial charge in [-0.1, -0.05) is 45.4 Å².